The molecule has 3 aromatic rings. The summed E-state index contributed by atoms with van der Waals surface area (Å²) < 4.78 is 29.1. The van der Waals surface area contributed by atoms with Crippen molar-refractivity contribution in [2.75, 3.05) is 5.32 Å². The zero-order chi connectivity index (χ0) is 14.8. The van der Waals surface area contributed by atoms with E-state index in [9.17, 15) is 8.78 Å². The predicted molar refractivity (Wildman–Crippen MR) is 79.4 cm³/mol. The van der Waals surface area contributed by atoms with E-state index in [4.69, 9.17) is 0 Å². The van der Waals surface area contributed by atoms with Crippen LogP contribution in [0.3, 0.4) is 0 Å². The summed E-state index contributed by atoms with van der Waals surface area (Å²) in [6, 6.07) is 6.89. The topological polar surface area (TPSA) is 29.9 Å². The second-order valence-corrected chi connectivity index (χ2v) is 5.59. The molecule has 0 aliphatic rings. The molecule has 0 aliphatic heterocycles. The third kappa shape index (κ3) is 2.80. The number of imidazole rings is 1. The van der Waals surface area contributed by atoms with Crippen molar-refractivity contribution in [3.63, 3.8) is 0 Å². The van der Waals surface area contributed by atoms with Crippen LogP contribution < -0.4 is 5.32 Å². The van der Waals surface area contributed by atoms with Crippen LogP contribution in [-0.4, -0.2) is 9.55 Å². The van der Waals surface area contributed by atoms with Gasteiger partial charge in [-0.15, -0.1) is 11.3 Å². The lowest BCUT2D eigenvalue weighted by Crippen LogP contribution is -2.16. The first-order valence-corrected chi connectivity index (χ1v) is 7.25. The van der Waals surface area contributed by atoms with Gasteiger partial charge in [-0.05, 0) is 29.6 Å². The minimum atomic E-state index is -0.493. The molecule has 108 valence electrons. The van der Waals surface area contributed by atoms with Gasteiger partial charge in [-0.2, -0.15) is 0 Å². The smallest absolute Gasteiger partial charge is 0.146 e. The van der Waals surface area contributed by atoms with Crippen LogP contribution in [0, 0.1) is 11.6 Å². The van der Waals surface area contributed by atoms with Gasteiger partial charge in [-0.1, -0.05) is 6.07 Å². The van der Waals surface area contributed by atoms with Crippen LogP contribution in [0.5, 0.6) is 0 Å². The fourth-order valence-electron chi connectivity index (χ4n) is 2.14. The van der Waals surface area contributed by atoms with Crippen molar-refractivity contribution < 1.29 is 8.78 Å². The Labute approximate surface area is 124 Å². The second kappa shape index (κ2) is 5.65. The van der Waals surface area contributed by atoms with Crippen molar-refractivity contribution in [1.82, 2.24) is 9.55 Å². The minimum absolute atomic E-state index is 0.122. The van der Waals surface area contributed by atoms with Gasteiger partial charge >= 0.3 is 0 Å². The molecule has 1 aromatic carbocycles. The van der Waals surface area contributed by atoms with E-state index >= 15 is 0 Å². The van der Waals surface area contributed by atoms with Crippen LogP contribution in [0.4, 0.5) is 14.5 Å². The maximum atomic E-state index is 13.9. The van der Waals surface area contributed by atoms with Crippen molar-refractivity contribution in [3.05, 3.63) is 70.4 Å². The number of thiophene rings is 1. The maximum absolute atomic E-state index is 13.9. The van der Waals surface area contributed by atoms with Crippen LogP contribution in [0.25, 0.3) is 0 Å². The average molecular weight is 305 g/mol. The van der Waals surface area contributed by atoms with Gasteiger partial charge < -0.3 is 9.88 Å². The number of anilines is 1. The fraction of sp³-hybridized carbons (Fsp3) is 0.133. The number of hydrogen-bond acceptors (Lipinski definition) is 3. The third-order valence-electron chi connectivity index (χ3n) is 3.17. The number of halogens is 2. The van der Waals surface area contributed by atoms with Crippen molar-refractivity contribution in [1.29, 1.82) is 0 Å². The number of hydrogen-bond donors (Lipinski definition) is 1. The number of aryl methyl sites for hydroxylation is 1. The summed E-state index contributed by atoms with van der Waals surface area (Å²) in [5, 5.41) is 4.99. The lowest BCUT2D eigenvalue weighted by Gasteiger charge is -2.19. The van der Waals surface area contributed by atoms with Crippen molar-refractivity contribution in [2.24, 2.45) is 7.05 Å². The normalized spacial score (nSPS) is 12.3. The lowest BCUT2D eigenvalue weighted by atomic mass is 10.2. The summed E-state index contributed by atoms with van der Waals surface area (Å²) in [4.78, 5) is 5.29. The van der Waals surface area contributed by atoms with Crippen molar-refractivity contribution in [2.45, 2.75) is 6.04 Å². The van der Waals surface area contributed by atoms with Gasteiger partial charge in [0.15, 0.2) is 0 Å². The molecule has 0 spiro atoms. The third-order valence-corrected chi connectivity index (χ3v) is 4.11. The molecule has 1 N–H and O–H groups in total. The minimum Gasteiger partial charge on any atom is -0.368 e. The van der Waals surface area contributed by atoms with E-state index in [0.29, 0.717) is 0 Å². The molecule has 0 aliphatic carbocycles. The summed E-state index contributed by atoms with van der Waals surface area (Å²) in [6.45, 7) is 0. The average Bonchev–Trinajstić information content (AvgIpc) is 3.11. The molecule has 6 heteroatoms. The summed E-state index contributed by atoms with van der Waals surface area (Å²) in [7, 11) is 1.87. The molecular weight excluding hydrogens is 292 g/mol. The highest BCUT2D eigenvalue weighted by molar-refractivity contribution is 7.10. The van der Waals surface area contributed by atoms with Gasteiger partial charge in [0.05, 0.1) is 5.69 Å². The lowest BCUT2D eigenvalue weighted by molar-refractivity contribution is 0.600. The molecule has 1 atom stereocenters. The molecule has 0 saturated heterocycles. The molecule has 21 heavy (non-hydrogen) atoms. The van der Waals surface area contributed by atoms with Crippen LogP contribution >= 0.6 is 11.3 Å². The molecule has 2 heterocycles. The molecule has 0 bridgehead atoms. The second-order valence-electron chi connectivity index (χ2n) is 4.61. The zero-order valence-electron chi connectivity index (χ0n) is 11.3. The summed E-state index contributed by atoms with van der Waals surface area (Å²) in [6.07, 6.45) is 3.50. The number of benzene rings is 1. The number of nitrogens with zero attached hydrogens (tertiary/aromatic N) is 2. The van der Waals surface area contributed by atoms with Gasteiger partial charge in [0.25, 0.3) is 0 Å². The molecule has 3 nitrogen and oxygen atoms in total. The monoisotopic (exact) mass is 305 g/mol. The summed E-state index contributed by atoms with van der Waals surface area (Å²) in [5.41, 5.74) is 0.122. The Hall–Kier alpha value is -2.21. The highest BCUT2D eigenvalue weighted by Gasteiger charge is 2.20. The Morgan fingerprint density at radius 3 is 2.81 bits per heavy atom. The van der Waals surface area contributed by atoms with Gasteiger partial charge in [-0.25, -0.2) is 13.8 Å². The van der Waals surface area contributed by atoms with E-state index in [1.165, 1.54) is 11.3 Å². The van der Waals surface area contributed by atoms with Crippen molar-refractivity contribution in [3.8, 4) is 0 Å². The van der Waals surface area contributed by atoms with E-state index in [1.807, 2.05) is 35.3 Å². The van der Waals surface area contributed by atoms with E-state index in [0.717, 1.165) is 28.9 Å². The first-order chi connectivity index (χ1) is 10.1. The standard InChI is InChI=1S/C15H13F2N3S/c1-20-7-6-18-15(20)14(13-3-2-8-21-13)19-12-9-10(16)4-5-11(12)17/h2-9,14,19H,1H3. The van der Waals surface area contributed by atoms with Gasteiger partial charge in [-0.3, -0.25) is 0 Å². The molecular formula is C15H13F2N3S. The quantitative estimate of drug-likeness (QED) is 0.790. The molecule has 0 amide bonds. The van der Waals surface area contributed by atoms with Crippen LogP contribution in [0.1, 0.15) is 16.7 Å². The Kier molecular flexibility index (Phi) is 3.70. The Bertz CT molecular complexity index is 737. The number of rotatable bonds is 4. The summed E-state index contributed by atoms with van der Waals surface area (Å²) >= 11 is 1.54. The maximum Gasteiger partial charge on any atom is 0.146 e. The first-order valence-electron chi connectivity index (χ1n) is 6.37. The van der Waals surface area contributed by atoms with Crippen LogP contribution in [-0.2, 0) is 7.05 Å². The first kappa shape index (κ1) is 13.8. The molecule has 0 saturated carbocycles. The molecule has 0 fully saturated rings. The molecule has 1 unspecified atom stereocenters. The van der Waals surface area contributed by atoms with Gasteiger partial charge in [0, 0.05) is 24.3 Å². The van der Waals surface area contributed by atoms with Crippen molar-refractivity contribution >= 4 is 17.0 Å². The Balaban J connectivity index is 2.01. The van der Waals surface area contributed by atoms with Gasteiger partial charge in [0.2, 0.25) is 0 Å². The molecule has 0 radical (unpaired) electrons. The molecule has 3 rings (SSSR count). The number of aromatic nitrogens is 2. The zero-order valence-corrected chi connectivity index (χ0v) is 12.1. The van der Waals surface area contributed by atoms with Crippen LogP contribution in [0.2, 0.25) is 0 Å². The highest BCUT2D eigenvalue weighted by Crippen LogP contribution is 2.30. The SMILES string of the molecule is Cn1ccnc1C(Nc1cc(F)ccc1F)c1cccs1. The largest absolute Gasteiger partial charge is 0.368 e. The Morgan fingerprint density at radius 2 is 2.14 bits per heavy atom. The molecule has 2 aromatic heterocycles. The fourth-order valence-corrected chi connectivity index (χ4v) is 2.91. The van der Waals surface area contributed by atoms with Gasteiger partial charge in [0.1, 0.15) is 23.5 Å². The summed E-state index contributed by atoms with van der Waals surface area (Å²) in [5.74, 6) is -0.239. The van der Waals surface area contributed by atoms with E-state index in [1.54, 1.807) is 6.20 Å². The number of nitrogens with one attached hydrogen (secondary N) is 1. The highest BCUT2D eigenvalue weighted by atomic mass is 32.1. The Morgan fingerprint density at radius 1 is 1.29 bits per heavy atom. The van der Waals surface area contributed by atoms with E-state index in [-0.39, 0.29) is 11.7 Å². The predicted octanol–water partition coefficient (Wildman–Crippen LogP) is 3.96. The van der Waals surface area contributed by atoms with E-state index < -0.39 is 11.6 Å². The van der Waals surface area contributed by atoms with E-state index in [2.05, 4.69) is 10.3 Å². The van der Waals surface area contributed by atoms with Crippen LogP contribution in [0.15, 0.2) is 48.1 Å².